The van der Waals surface area contributed by atoms with Crippen LogP contribution in [0.3, 0.4) is 0 Å². The molecular formula is C24H24N4O3. The highest BCUT2D eigenvalue weighted by Crippen LogP contribution is 2.20. The third-order valence-corrected chi connectivity index (χ3v) is 5.41. The van der Waals surface area contributed by atoms with Gasteiger partial charge in [-0.05, 0) is 37.3 Å². The lowest BCUT2D eigenvalue weighted by molar-refractivity contribution is 0.0535. The summed E-state index contributed by atoms with van der Waals surface area (Å²) in [5.41, 5.74) is 3.88. The fourth-order valence-corrected chi connectivity index (χ4v) is 3.57. The van der Waals surface area contributed by atoms with Gasteiger partial charge < -0.3 is 14.5 Å². The summed E-state index contributed by atoms with van der Waals surface area (Å²) in [6.07, 6.45) is 0. The van der Waals surface area contributed by atoms with Crippen LogP contribution in [0.15, 0.2) is 60.7 Å². The van der Waals surface area contributed by atoms with Crippen molar-refractivity contribution in [3.8, 4) is 17.1 Å². The van der Waals surface area contributed by atoms with Gasteiger partial charge in [-0.1, -0.05) is 29.8 Å². The van der Waals surface area contributed by atoms with Crippen molar-refractivity contribution in [2.75, 3.05) is 33.3 Å². The van der Waals surface area contributed by atoms with Gasteiger partial charge in [0.1, 0.15) is 0 Å². The van der Waals surface area contributed by atoms with Gasteiger partial charge in [0.25, 0.3) is 11.8 Å². The molecule has 1 saturated heterocycles. The molecule has 31 heavy (non-hydrogen) atoms. The van der Waals surface area contributed by atoms with E-state index in [1.165, 1.54) is 7.11 Å². The fourth-order valence-electron chi connectivity index (χ4n) is 3.57. The summed E-state index contributed by atoms with van der Waals surface area (Å²) >= 11 is 0. The van der Waals surface area contributed by atoms with Crippen molar-refractivity contribution in [3.05, 3.63) is 77.4 Å². The predicted molar refractivity (Wildman–Crippen MR) is 117 cm³/mol. The Bertz CT molecular complexity index is 1070. The normalized spacial score (nSPS) is 13.7. The average molecular weight is 416 g/mol. The molecule has 158 valence electrons. The minimum absolute atomic E-state index is 0.00664. The summed E-state index contributed by atoms with van der Waals surface area (Å²) in [5.74, 6) is 0.395. The van der Waals surface area contributed by atoms with Crippen molar-refractivity contribution < 1.29 is 14.3 Å². The number of hydrogen-bond acceptors (Lipinski definition) is 5. The minimum Gasteiger partial charge on any atom is -0.480 e. The Labute approximate surface area is 181 Å². The van der Waals surface area contributed by atoms with Crippen LogP contribution in [0.2, 0.25) is 0 Å². The van der Waals surface area contributed by atoms with E-state index in [-0.39, 0.29) is 11.8 Å². The molecule has 7 heteroatoms. The van der Waals surface area contributed by atoms with Gasteiger partial charge in [0.15, 0.2) is 0 Å². The molecule has 0 bridgehead atoms. The quantitative estimate of drug-likeness (QED) is 0.653. The highest BCUT2D eigenvalue weighted by molar-refractivity contribution is 5.96. The zero-order valence-electron chi connectivity index (χ0n) is 17.6. The Morgan fingerprint density at radius 1 is 0.806 bits per heavy atom. The molecule has 0 N–H and O–H groups in total. The molecule has 1 aliphatic heterocycles. The molecule has 0 unspecified atom stereocenters. The molecule has 7 nitrogen and oxygen atoms in total. The van der Waals surface area contributed by atoms with Crippen molar-refractivity contribution in [2.45, 2.75) is 6.92 Å². The summed E-state index contributed by atoms with van der Waals surface area (Å²) in [6.45, 7) is 4.03. The standard InChI is InChI=1S/C24H24N4O3/c1-17-6-8-18(9-7-17)23(29)27-12-14-28(15-13-27)24(30)20-5-3-4-19(16-20)21-10-11-22(31-2)26-25-21/h3-11,16H,12-15H2,1-2H3. The van der Waals surface area contributed by atoms with E-state index in [4.69, 9.17) is 4.74 Å². The first kappa shape index (κ1) is 20.5. The van der Waals surface area contributed by atoms with E-state index in [9.17, 15) is 9.59 Å². The molecule has 0 spiro atoms. The maximum absolute atomic E-state index is 13.0. The van der Waals surface area contributed by atoms with Crippen LogP contribution in [0.1, 0.15) is 26.3 Å². The van der Waals surface area contributed by atoms with Crippen LogP contribution in [-0.2, 0) is 0 Å². The molecule has 2 aromatic carbocycles. The van der Waals surface area contributed by atoms with Gasteiger partial charge in [-0.15, -0.1) is 10.2 Å². The van der Waals surface area contributed by atoms with Gasteiger partial charge in [0.05, 0.1) is 12.8 Å². The summed E-state index contributed by atoms with van der Waals surface area (Å²) in [6, 6.07) is 18.5. The summed E-state index contributed by atoms with van der Waals surface area (Å²) < 4.78 is 5.04. The smallest absolute Gasteiger partial charge is 0.253 e. The zero-order valence-corrected chi connectivity index (χ0v) is 17.6. The number of amides is 2. The molecule has 0 atom stereocenters. The largest absolute Gasteiger partial charge is 0.480 e. The van der Waals surface area contributed by atoms with E-state index in [0.29, 0.717) is 48.9 Å². The van der Waals surface area contributed by atoms with Gasteiger partial charge >= 0.3 is 0 Å². The van der Waals surface area contributed by atoms with Crippen molar-refractivity contribution in [3.63, 3.8) is 0 Å². The first-order chi connectivity index (χ1) is 15.0. The highest BCUT2D eigenvalue weighted by atomic mass is 16.5. The Balaban J connectivity index is 1.41. The Hall–Kier alpha value is -3.74. The van der Waals surface area contributed by atoms with Gasteiger partial charge in [0, 0.05) is 48.9 Å². The van der Waals surface area contributed by atoms with Crippen molar-refractivity contribution >= 4 is 11.8 Å². The molecule has 1 fully saturated rings. The van der Waals surface area contributed by atoms with E-state index in [1.54, 1.807) is 21.9 Å². The number of carbonyl (C=O) groups excluding carboxylic acids is 2. The fraction of sp³-hybridized carbons (Fsp3) is 0.250. The second-order valence-electron chi connectivity index (χ2n) is 7.49. The summed E-state index contributed by atoms with van der Waals surface area (Å²) in [5, 5.41) is 8.14. The first-order valence-corrected chi connectivity index (χ1v) is 10.2. The zero-order chi connectivity index (χ0) is 21.8. The van der Waals surface area contributed by atoms with Crippen LogP contribution in [0.5, 0.6) is 5.88 Å². The Morgan fingerprint density at radius 3 is 2.03 bits per heavy atom. The van der Waals surface area contributed by atoms with E-state index in [2.05, 4.69) is 10.2 Å². The van der Waals surface area contributed by atoms with Gasteiger partial charge in [-0.3, -0.25) is 9.59 Å². The number of carbonyl (C=O) groups is 2. The SMILES string of the molecule is COc1ccc(-c2cccc(C(=O)N3CCN(C(=O)c4ccc(C)cc4)CC3)c2)nn1. The van der Waals surface area contributed by atoms with Crippen LogP contribution in [0.4, 0.5) is 0 Å². The van der Waals surface area contributed by atoms with Crippen molar-refractivity contribution in [1.82, 2.24) is 20.0 Å². The Morgan fingerprint density at radius 2 is 1.45 bits per heavy atom. The number of methoxy groups -OCH3 is 1. The molecular weight excluding hydrogens is 392 g/mol. The van der Waals surface area contributed by atoms with Crippen LogP contribution in [-0.4, -0.2) is 65.1 Å². The lowest BCUT2D eigenvalue weighted by Crippen LogP contribution is -2.50. The van der Waals surface area contributed by atoms with Gasteiger partial charge in [0.2, 0.25) is 5.88 Å². The molecule has 0 saturated carbocycles. The molecule has 3 aromatic rings. The maximum Gasteiger partial charge on any atom is 0.253 e. The van der Waals surface area contributed by atoms with Crippen molar-refractivity contribution in [1.29, 1.82) is 0 Å². The molecule has 2 heterocycles. The maximum atomic E-state index is 13.0. The van der Waals surface area contributed by atoms with Crippen LogP contribution in [0, 0.1) is 6.92 Å². The third-order valence-electron chi connectivity index (χ3n) is 5.41. The number of benzene rings is 2. The molecule has 1 aliphatic rings. The number of ether oxygens (including phenoxy) is 1. The Kier molecular flexibility index (Phi) is 5.93. The van der Waals surface area contributed by atoms with E-state index >= 15 is 0 Å². The summed E-state index contributed by atoms with van der Waals surface area (Å²) in [7, 11) is 1.54. The minimum atomic E-state index is -0.0502. The predicted octanol–water partition coefficient (Wildman–Crippen LogP) is 3.06. The highest BCUT2D eigenvalue weighted by Gasteiger charge is 2.25. The van der Waals surface area contributed by atoms with E-state index in [0.717, 1.165) is 11.1 Å². The number of hydrogen-bond donors (Lipinski definition) is 0. The van der Waals surface area contributed by atoms with Crippen LogP contribution < -0.4 is 4.74 Å². The number of aryl methyl sites for hydroxylation is 1. The van der Waals surface area contributed by atoms with Gasteiger partial charge in [-0.25, -0.2) is 0 Å². The lowest BCUT2D eigenvalue weighted by Gasteiger charge is -2.35. The lowest BCUT2D eigenvalue weighted by atomic mass is 10.1. The molecule has 4 rings (SSSR count). The number of rotatable bonds is 4. The molecule has 2 amide bonds. The monoisotopic (exact) mass is 416 g/mol. The van der Waals surface area contributed by atoms with E-state index < -0.39 is 0 Å². The summed E-state index contributed by atoms with van der Waals surface area (Å²) in [4.78, 5) is 29.3. The second-order valence-corrected chi connectivity index (χ2v) is 7.49. The second kappa shape index (κ2) is 8.95. The van der Waals surface area contributed by atoms with Crippen LogP contribution in [0.25, 0.3) is 11.3 Å². The number of nitrogens with zero attached hydrogens (tertiary/aromatic N) is 4. The number of aromatic nitrogens is 2. The average Bonchev–Trinajstić information content (AvgIpc) is 2.84. The van der Waals surface area contributed by atoms with Crippen molar-refractivity contribution in [2.24, 2.45) is 0 Å². The van der Waals surface area contributed by atoms with Gasteiger partial charge in [-0.2, -0.15) is 0 Å². The third kappa shape index (κ3) is 4.55. The molecule has 0 aliphatic carbocycles. The van der Waals surface area contributed by atoms with Crippen LogP contribution >= 0.6 is 0 Å². The van der Waals surface area contributed by atoms with E-state index in [1.807, 2.05) is 55.5 Å². The molecule has 1 aromatic heterocycles. The first-order valence-electron chi connectivity index (χ1n) is 10.2. The topological polar surface area (TPSA) is 75.6 Å². The number of piperazine rings is 1. The molecule has 0 radical (unpaired) electrons.